The molecule has 2 nitrogen and oxygen atoms in total. The van der Waals surface area contributed by atoms with Crippen molar-refractivity contribution in [2.75, 3.05) is 0 Å². The highest BCUT2D eigenvalue weighted by atomic mass is 28.3. The molecule has 26 heavy (non-hydrogen) atoms. The zero-order valence-corrected chi connectivity index (χ0v) is 18.5. The first-order valence-electron chi connectivity index (χ1n) is 11.4. The van der Waals surface area contributed by atoms with E-state index in [0.717, 1.165) is 49.4 Å². The van der Waals surface area contributed by atoms with Crippen LogP contribution in [0.1, 0.15) is 71.1 Å². The van der Waals surface area contributed by atoms with Crippen LogP contribution in [-0.4, -0.2) is 25.1 Å². The zero-order valence-electron chi connectivity index (χ0n) is 17.5. The lowest BCUT2D eigenvalue weighted by Gasteiger charge is -2.56. The minimum absolute atomic E-state index is 0.0381. The lowest BCUT2D eigenvalue weighted by Crippen LogP contribution is -2.53. The van der Waals surface area contributed by atoms with Crippen LogP contribution in [0.3, 0.4) is 0 Å². The Labute approximate surface area is 161 Å². The normalized spacial score (nSPS) is 49.6. The molecular formula is C23H40O2Si. The summed E-state index contributed by atoms with van der Waals surface area (Å²) in [5.41, 5.74) is 0.346. The Morgan fingerprint density at radius 2 is 1.65 bits per heavy atom. The number of carbonyl (C=O) groups excluding carboxylic acids is 1. The second kappa shape index (κ2) is 6.72. The number of aliphatic hydroxyl groups is 1. The molecule has 3 heteroatoms. The first kappa shape index (κ1) is 19.2. The molecule has 0 bridgehead atoms. The summed E-state index contributed by atoms with van der Waals surface area (Å²) < 4.78 is 0. The molecule has 0 heterocycles. The summed E-state index contributed by atoms with van der Waals surface area (Å²) in [4.78, 5) is 13.8. The van der Waals surface area contributed by atoms with E-state index in [1.54, 1.807) is 0 Å². The fourth-order valence-electron chi connectivity index (χ4n) is 7.88. The average molecular weight is 377 g/mol. The first-order chi connectivity index (χ1) is 12.2. The quantitative estimate of drug-likeness (QED) is 0.599. The van der Waals surface area contributed by atoms with Crippen molar-refractivity contribution < 1.29 is 9.90 Å². The number of hydrogen-bond acceptors (Lipinski definition) is 2. The molecule has 4 rings (SSSR count). The standard InChI is InChI=1S/C23H40O2Si/c1-23-13-12-18-17-11-9-16(24)14-15(17)8-10-19(18)20(23)6-5-7-21(22(23)25)26(2,3)4/h15-21,24H,5-14H2,1-4H3/t15-,16-,17+,18-,19-,20+,21?,23+/m1/s1. The smallest absolute Gasteiger partial charge is 0.139 e. The van der Waals surface area contributed by atoms with E-state index in [4.69, 9.17) is 0 Å². The molecule has 4 saturated carbocycles. The van der Waals surface area contributed by atoms with Gasteiger partial charge in [0.1, 0.15) is 5.78 Å². The first-order valence-corrected chi connectivity index (χ1v) is 15.0. The molecule has 0 spiro atoms. The summed E-state index contributed by atoms with van der Waals surface area (Å²) in [6.07, 6.45) is 12.0. The molecule has 0 aliphatic heterocycles. The topological polar surface area (TPSA) is 37.3 Å². The van der Waals surface area contributed by atoms with Crippen molar-refractivity contribution in [3.8, 4) is 0 Å². The fourth-order valence-corrected chi connectivity index (χ4v) is 10.1. The summed E-state index contributed by atoms with van der Waals surface area (Å²) in [6, 6.07) is 0. The van der Waals surface area contributed by atoms with Crippen molar-refractivity contribution in [1.82, 2.24) is 0 Å². The van der Waals surface area contributed by atoms with Crippen LogP contribution in [0.15, 0.2) is 0 Å². The van der Waals surface area contributed by atoms with Crippen LogP contribution in [0, 0.1) is 35.0 Å². The van der Waals surface area contributed by atoms with Crippen LogP contribution in [0.25, 0.3) is 0 Å². The maximum atomic E-state index is 13.8. The van der Waals surface area contributed by atoms with Crippen LogP contribution in [0.5, 0.6) is 0 Å². The van der Waals surface area contributed by atoms with E-state index in [1.807, 2.05) is 0 Å². The average Bonchev–Trinajstić information content (AvgIpc) is 2.71. The third-order valence-electron chi connectivity index (χ3n) is 9.25. The molecule has 1 N–H and O–H groups in total. The number of fused-ring (bicyclic) bond motifs is 5. The van der Waals surface area contributed by atoms with Gasteiger partial charge >= 0.3 is 0 Å². The Balaban J connectivity index is 1.59. The molecule has 0 saturated heterocycles. The molecule has 0 amide bonds. The minimum Gasteiger partial charge on any atom is -0.393 e. The lowest BCUT2D eigenvalue weighted by atomic mass is 9.49. The Morgan fingerprint density at radius 3 is 2.38 bits per heavy atom. The maximum Gasteiger partial charge on any atom is 0.139 e. The molecule has 4 fully saturated rings. The largest absolute Gasteiger partial charge is 0.393 e. The van der Waals surface area contributed by atoms with Gasteiger partial charge in [0, 0.05) is 11.0 Å². The van der Waals surface area contributed by atoms with Crippen molar-refractivity contribution in [3.63, 3.8) is 0 Å². The van der Waals surface area contributed by atoms with Crippen LogP contribution in [-0.2, 0) is 4.79 Å². The highest BCUT2D eigenvalue weighted by molar-refractivity contribution is 6.80. The van der Waals surface area contributed by atoms with Crippen molar-refractivity contribution in [1.29, 1.82) is 0 Å². The van der Waals surface area contributed by atoms with Crippen LogP contribution < -0.4 is 0 Å². The van der Waals surface area contributed by atoms with E-state index in [-0.39, 0.29) is 11.5 Å². The van der Waals surface area contributed by atoms with Gasteiger partial charge in [-0.15, -0.1) is 0 Å². The molecule has 148 valence electrons. The highest BCUT2D eigenvalue weighted by Crippen LogP contribution is 2.61. The van der Waals surface area contributed by atoms with Gasteiger partial charge < -0.3 is 5.11 Å². The molecule has 0 aromatic heterocycles. The number of rotatable bonds is 1. The monoisotopic (exact) mass is 376 g/mol. The van der Waals surface area contributed by atoms with E-state index in [0.29, 0.717) is 17.2 Å². The van der Waals surface area contributed by atoms with Crippen molar-refractivity contribution in [2.24, 2.45) is 35.0 Å². The number of ketones is 1. The summed E-state index contributed by atoms with van der Waals surface area (Å²) >= 11 is 0. The number of aliphatic hydroxyl groups excluding tert-OH is 1. The summed E-state index contributed by atoms with van der Waals surface area (Å²) in [5, 5.41) is 10.1. The molecule has 4 aliphatic rings. The van der Waals surface area contributed by atoms with E-state index in [9.17, 15) is 9.90 Å². The molecular weight excluding hydrogens is 336 g/mol. The Kier molecular flexibility index (Phi) is 4.96. The molecule has 0 radical (unpaired) electrons. The van der Waals surface area contributed by atoms with Gasteiger partial charge in [-0.25, -0.2) is 0 Å². The zero-order chi connectivity index (χ0) is 18.7. The van der Waals surface area contributed by atoms with Gasteiger partial charge in [-0.05, 0) is 87.4 Å². The predicted molar refractivity (Wildman–Crippen MR) is 110 cm³/mol. The van der Waals surface area contributed by atoms with E-state index in [2.05, 4.69) is 26.6 Å². The van der Waals surface area contributed by atoms with Crippen LogP contribution >= 0.6 is 0 Å². The number of carbonyl (C=O) groups is 1. The number of hydrogen-bond donors (Lipinski definition) is 1. The lowest BCUT2D eigenvalue weighted by molar-refractivity contribution is -0.141. The second-order valence-corrected chi connectivity index (χ2v) is 17.0. The van der Waals surface area contributed by atoms with Crippen molar-refractivity contribution >= 4 is 13.9 Å². The van der Waals surface area contributed by atoms with Gasteiger partial charge in [0.25, 0.3) is 0 Å². The van der Waals surface area contributed by atoms with Crippen LogP contribution in [0.2, 0.25) is 25.2 Å². The number of Topliss-reactive ketones (excluding diaryl/α,β-unsaturated/α-hetero) is 1. The summed E-state index contributed by atoms with van der Waals surface area (Å²) in [6.45, 7) is 9.58. The molecule has 0 aromatic rings. The summed E-state index contributed by atoms with van der Waals surface area (Å²) in [7, 11) is -1.43. The SMILES string of the molecule is C[C@]12CC[C@H]3[C@@H](CC[C@@H]4C[C@H](O)CC[C@@H]43)[C@@H]1CCCC([Si](C)(C)C)C2=O. The van der Waals surface area contributed by atoms with Crippen molar-refractivity contribution in [3.05, 3.63) is 0 Å². The van der Waals surface area contributed by atoms with Gasteiger partial charge in [0.2, 0.25) is 0 Å². The molecule has 4 aliphatic carbocycles. The van der Waals surface area contributed by atoms with Gasteiger partial charge in [-0.2, -0.15) is 0 Å². The molecule has 8 atom stereocenters. The Bertz CT molecular complexity index is 553. The van der Waals surface area contributed by atoms with Crippen LogP contribution in [0.4, 0.5) is 0 Å². The molecule has 0 aromatic carbocycles. The molecule has 1 unspecified atom stereocenters. The van der Waals surface area contributed by atoms with Gasteiger partial charge in [0.15, 0.2) is 0 Å². The van der Waals surface area contributed by atoms with E-state index < -0.39 is 8.07 Å². The second-order valence-electron chi connectivity index (χ2n) is 11.6. The minimum atomic E-state index is -1.43. The fraction of sp³-hybridized carbons (Fsp3) is 0.957. The maximum absolute atomic E-state index is 13.8. The predicted octanol–water partition coefficient (Wildman–Crippen LogP) is 5.67. The third kappa shape index (κ3) is 3.05. The van der Waals surface area contributed by atoms with Gasteiger partial charge in [-0.3, -0.25) is 4.79 Å². The highest BCUT2D eigenvalue weighted by Gasteiger charge is 2.57. The Hall–Kier alpha value is -0.153. The van der Waals surface area contributed by atoms with Crippen molar-refractivity contribution in [2.45, 2.75) is 102 Å². The summed E-state index contributed by atoms with van der Waals surface area (Å²) in [5.74, 6) is 4.54. The van der Waals surface area contributed by atoms with Gasteiger partial charge in [0.05, 0.1) is 14.2 Å². The van der Waals surface area contributed by atoms with E-state index in [1.165, 1.54) is 38.5 Å². The Morgan fingerprint density at radius 1 is 0.923 bits per heavy atom. The third-order valence-corrected chi connectivity index (χ3v) is 11.9. The van der Waals surface area contributed by atoms with E-state index >= 15 is 0 Å². The van der Waals surface area contributed by atoms with Gasteiger partial charge in [-0.1, -0.05) is 33.0 Å².